The summed E-state index contributed by atoms with van der Waals surface area (Å²) in [5.74, 6) is 0.484. The molecule has 0 aromatic heterocycles. The number of benzene rings is 2. The van der Waals surface area contributed by atoms with E-state index in [4.69, 9.17) is 4.74 Å². The number of carbonyl (C=O) groups is 1. The number of anilines is 1. The second-order valence-electron chi connectivity index (χ2n) is 6.01. The summed E-state index contributed by atoms with van der Waals surface area (Å²) in [7, 11) is -3.75. The van der Waals surface area contributed by atoms with Gasteiger partial charge >= 0.3 is 0 Å². The van der Waals surface area contributed by atoms with Crippen LogP contribution in [-0.2, 0) is 14.8 Å². The average molecular weight is 376 g/mol. The van der Waals surface area contributed by atoms with Crippen LogP contribution >= 0.6 is 0 Å². The van der Waals surface area contributed by atoms with Crippen LogP contribution in [0.15, 0.2) is 47.4 Å². The predicted molar refractivity (Wildman–Crippen MR) is 102 cm³/mol. The first kappa shape index (κ1) is 19.9. The molecule has 2 aromatic rings. The summed E-state index contributed by atoms with van der Waals surface area (Å²) in [5.41, 5.74) is 1.87. The molecule has 0 aliphatic heterocycles. The summed E-state index contributed by atoms with van der Waals surface area (Å²) in [6, 6.07) is 11.7. The molecule has 0 aliphatic rings. The molecule has 26 heavy (non-hydrogen) atoms. The average Bonchev–Trinajstić information content (AvgIpc) is 2.56. The summed E-state index contributed by atoms with van der Waals surface area (Å²) >= 11 is 0. The lowest BCUT2D eigenvalue weighted by Crippen LogP contribution is -2.27. The zero-order valence-corrected chi connectivity index (χ0v) is 16.2. The van der Waals surface area contributed by atoms with Crippen LogP contribution in [0.2, 0.25) is 0 Å². The molecule has 0 spiro atoms. The summed E-state index contributed by atoms with van der Waals surface area (Å²) in [4.78, 5) is 11.3. The molecule has 0 radical (unpaired) electrons. The zero-order valence-electron chi connectivity index (χ0n) is 15.4. The van der Waals surface area contributed by atoms with Gasteiger partial charge in [-0.3, -0.25) is 4.79 Å². The quantitative estimate of drug-likeness (QED) is 0.776. The molecule has 0 aliphatic carbocycles. The number of ether oxygens (including phenoxy) is 1. The second-order valence-corrected chi connectivity index (χ2v) is 7.69. The van der Waals surface area contributed by atoms with Crippen molar-refractivity contribution in [1.29, 1.82) is 0 Å². The minimum atomic E-state index is -3.75. The van der Waals surface area contributed by atoms with E-state index in [1.165, 1.54) is 13.0 Å². The topological polar surface area (TPSA) is 84.5 Å². The smallest absolute Gasteiger partial charge is 0.241 e. The Bertz CT molecular complexity index is 877. The van der Waals surface area contributed by atoms with Gasteiger partial charge in [0.2, 0.25) is 15.9 Å². The fraction of sp³-hybridized carbons (Fsp3) is 0.316. The lowest BCUT2D eigenvalue weighted by Gasteiger charge is -2.17. The molecule has 0 saturated carbocycles. The van der Waals surface area contributed by atoms with Gasteiger partial charge in [-0.2, -0.15) is 0 Å². The van der Waals surface area contributed by atoms with Gasteiger partial charge in [0.05, 0.1) is 11.5 Å². The minimum absolute atomic E-state index is 0.140. The first-order chi connectivity index (χ1) is 12.2. The van der Waals surface area contributed by atoms with Crippen molar-refractivity contribution < 1.29 is 17.9 Å². The van der Waals surface area contributed by atoms with Crippen molar-refractivity contribution in [1.82, 2.24) is 4.72 Å². The highest BCUT2D eigenvalue weighted by Crippen LogP contribution is 2.24. The SMILES string of the molecule is CCOc1ccc(C(C)NS(=O)(=O)c2cc(NC(C)=O)ccc2C)cc1. The number of carbonyl (C=O) groups excluding carboxylic acids is 1. The first-order valence-electron chi connectivity index (χ1n) is 8.36. The van der Waals surface area contributed by atoms with Crippen LogP contribution < -0.4 is 14.8 Å². The number of hydrogen-bond acceptors (Lipinski definition) is 4. The number of nitrogens with one attached hydrogen (secondary N) is 2. The molecule has 0 fully saturated rings. The number of hydrogen-bond donors (Lipinski definition) is 2. The molecule has 0 heterocycles. The molecule has 2 rings (SSSR count). The second kappa shape index (κ2) is 8.33. The number of sulfonamides is 1. The molecule has 2 N–H and O–H groups in total. The number of aryl methyl sites for hydroxylation is 1. The Morgan fingerprint density at radius 1 is 1.15 bits per heavy atom. The highest BCUT2D eigenvalue weighted by Gasteiger charge is 2.21. The Hall–Kier alpha value is -2.38. The van der Waals surface area contributed by atoms with E-state index in [9.17, 15) is 13.2 Å². The normalized spacial score (nSPS) is 12.5. The first-order valence-corrected chi connectivity index (χ1v) is 9.84. The summed E-state index contributed by atoms with van der Waals surface area (Å²) in [5, 5.41) is 2.60. The minimum Gasteiger partial charge on any atom is -0.494 e. The Morgan fingerprint density at radius 2 is 1.81 bits per heavy atom. The van der Waals surface area contributed by atoms with Crippen molar-refractivity contribution in [3.8, 4) is 5.75 Å². The van der Waals surface area contributed by atoms with Crippen LogP contribution in [0.4, 0.5) is 5.69 Å². The molecular weight excluding hydrogens is 352 g/mol. The highest BCUT2D eigenvalue weighted by atomic mass is 32.2. The Labute approximate surface area is 154 Å². The maximum atomic E-state index is 12.8. The van der Waals surface area contributed by atoms with Gasteiger partial charge < -0.3 is 10.1 Å². The van der Waals surface area contributed by atoms with Crippen molar-refractivity contribution in [2.45, 2.75) is 38.6 Å². The van der Waals surface area contributed by atoms with E-state index in [0.29, 0.717) is 17.9 Å². The molecule has 6 nitrogen and oxygen atoms in total. The molecular formula is C19H24N2O4S. The van der Waals surface area contributed by atoms with Crippen molar-refractivity contribution >= 4 is 21.6 Å². The summed E-state index contributed by atoms with van der Waals surface area (Å²) in [6.07, 6.45) is 0. The van der Waals surface area contributed by atoms with Crippen molar-refractivity contribution in [3.63, 3.8) is 0 Å². The van der Waals surface area contributed by atoms with Crippen LogP contribution in [0, 0.1) is 6.92 Å². The van der Waals surface area contributed by atoms with E-state index in [2.05, 4.69) is 10.0 Å². The molecule has 1 unspecified atom stereocenters. The maximum absolute atomic E-state index is 12.8. The van der Waals surface area contributed by atoms with Crippen LogP contribution in [0.3, 0.4) is 0 Å². The van der Waals surface area contributed by atoms with Gasteiger partial charge in [-0.15, -0.1) is 0 Å². The Balaban J connectivity index is 2.23. The van der Waals surface area contributed by atoms with Crippen molar-refractivity contribution in [2.24, 2.45) is 0 Å². The van der Waals surface area contributed by atoms with Crippen LogP contribution in [-0.4, -0.2) is 20.9 Å². The number of amides is 1. The predicted octanol–water partition coefficient (Wildman–Crippen LogP) is 3.39. The standard InChI is InChI=1S/C19H24N2O4S/c1-5-25-18-10-7-16(8-11-18)14(3)21-26(23,24)19-12-17(20-15(4)22)9-6-13(19)2/h6-12,14,21H,5H2,1-4H3,(H,20,22). The molecule has 1 atom stereocenters. The molecule has 7 heteroatoms. The van der Waals surface area contributed by atoms with Gasteiger partial charge in [0, 0.05) is 18.7 Å². The third kappa shape index (κ3) is 5.06. The molecule has 1 amide bonds. The van der Waals surface area contributed by atoms with Gasteiger partial charge in [0.15, 0.2) is 0 Å². The lowest BCUT2D eigenvalue weighted by molar-refractivity contribution is -0.114. The van der Waals surface area contributed by atoms with Gasteiger partial charge in [-0.05, 0) is 56.2 Å². The van der Waals surface area contributed by atoms with Gasteiger partial charge in [-0.1, -0.05) is 18.2 Å². The van der Waals surface area contributed by atoms with Gasteiger partial charge in [0.25, 0.3) is 0 Å². The Morgan fingerprint density at radius 3 is 2.38 bits per heavy atom. The number of rotatable bonds is 7. The van der Waals surface area contributed by atoms with Crippen molar-refractivity contribution in [3.05, 3.63) is 53.6 Å². The van der Waals surface area contributed by atoms with Crippen LogP contribution in [0.25, 0.3) is 0 Å². The third-order valence-corrected chi connectivity index (χ3v) is 5.50. The summed E-state index contributed by atoms with van der Waals surface area (Å²) < 4.78 is 33.7. The highest BCUT2D eigenvalue weighted by molar-refractivity contribution is 7.89. The third-order valence-electron chi connectivity index (χ3n) is 3.82. The van der Waals surface area contributed by atoms with Crippen LogP contribution in [0.1, 0.15) is 37.9 Å². The van der Waals surface area contributed by atoms with Crippen molar-refractivity contribution in [2.75, 3.05) is 11.9 Å². The van der Waals surface area contributed by atoms with E-state index in [-0.39, 0.29) is 10.8 Å². The maximum Gasteiger partial charge on any atom is 0.241 e. The molecule has 0 bridgehead atoms. The van der Waals surface area contributed by atoms with E-state index in [0.717, 1.165) is 11.3 Å². The van der Waals surface area contributed by atoms with Crippen LogP contribution in [0.5, 0.6) is 5.75 Å². The van der Waals surface area contributed by atoms with E-state index < -0.39 is 16.1 Å². The zero-order chi connectivity index (χ0) is 19.3. The fourth-order valence-corrected chi connectivity index (χ4v) is 4.06. The molecule has 140 valence electrons. The summed E-state index contributed by atoms with van der Waals surface area (Å²) in [6.45, 7) is 7.35. The molecule has 0 saturated heterocycles. The fourth-order valence-electron chi connectivity index (χ4n) is 2.55. The largest absolute Gasteiger partial charge is 0.494 e. The van der Waals surface area contributed by atoms with E-state index in [1.807, 2.05) is 31.2 Å². The lowest BCUT2D eigenvalue weighted by atomic mass is 10.1. The molecule has 2 aromatic carbocycles. The van der Waals surface area contributed by atoms with Gasteiger partial charge in [-0.25, -0.2) is 13.1 Å². The Kier molecular flexibility index (Phi) is 6.39. The monoisotopic (exact) mass is 376 g/mol. The van der Waals surface area contributed by atoms with E-state index >= 15 is 0 Å². The van der Waals surface area contributed by atoms with E-state index in [1.54, 1.807) is 26.0 Å². The van der Waals surface area contributed by atoms with Gasteiger partial charge in [0.1, 0.15) is 5.75 Å².